The van der Waals surface area contributed by atoms with Gasteiger partial charge in [0.1, 0.15) is 17.0 Å². The van der Waals surface area contributed by atoms with E-state index in [9.17, 15) is 5.11 Å². The molecule has 3 aromatic rings. The van der Waals surface area contributed by atoms with Gasteiger partial charge in [-0.3, -0.25) is 4.57 Å². The molecule has 0 aliphatic carbocycles. The second-order valence-electron chi connectivity index (χ2n) is 5.71. The highest BCUT2D eigenvalue weighted by atomic mass is 32.1. The van der Waals surface area contributed by atoms with Gasteiger partial charge in [-0.2, -0.15) is 0 Å². The number of thiazole rings is 1. The van der Waals surface area contributed by atoms with E-state index in [2.05, 4.69) is 25.3 Å². The van der Waals surface area contributed by atoms with Gasteiger partial charge < -0.3 is 10.4 Å². The van der Waals surface area contributed by atoms with E-state index >= 15 is 0 Å². The maximum atomic E-state index is 10.3. The summed E-state index contributed by atoms with van der Waals surface area (Å²) < 4.78 is 1.62. The average molecular weight is 352 g/mol. The Morgan fingerprint density at radius 3 is 3.00 bits per heavy atom. The molecule has 0 radical (unpaired) electrons. The van der Waals surface area contributed by atoms with E-state index in [1.54, 1.807) is 23.0 Å². The molecule has 25 heavy (non-hydrogen) atoms. The summed E-state index contributed by atoms with van der Waals surface area (Å²) in [6, 6.07) is 5.75. The number of benzene rings is 1. The van der Waals surface area contributed by atoms with Crippen LogP contribution in [-0.4, -0.2) is 26.0 Å². The first-order chi connectivity index (χ1) is 12.1. The molecule has 0 atom stereocenters. The Morgan fingerprint density at radius 2 is 2.20 bits per heavy atom. The molecule has 0 spiro atoms. The second-order valence-corrected chi connectivity index (χ2v) is 6.65. The van der Waals surface area contributed by atoms with Crippen LogP contribution in [0.25, 0.3) is 6.08 Å². The van der Waals surface area contributed by atoms with Crippen LogP contribution in [0.2, 0.25) is 0 Å². The summed E-state index contributed by atoms with van der Waals surface area (Å²) in [6.45, 7) is 2.53. The average Bonchev–Trinajstić information content (AvgIpc) is 3.29. The fourth-order valence-corrected chi connectivity index (χ4v) is 3.27. The zero-order chi connectivity index (χ0) is 17.4. The third-order valence-electron chi connectivity index (χ3n) is 3.85. The predicted octanol–water partition coefficient (Wildman–Crippen LogP) is 1.62. The van der Waals surface area contributed by atoms with Gasteiger partial charge in [0.05, 0.1) is 17.6 Å². The Bertz CT molecular complexity index is 1100. The van der Waals surface area contributed by atoms with Gasteiger partial charge in [0.25, 0.3) is 0 Å². The number of imidazole rings is 1. The Kier molecular flexibility index (Phi) is 3.81. The van der Waals surface area contributed by atoms with Crippen LogP contribution < -0.4 is 15.9 Å². The quantitative estimate of drug-likeness (QED) is 0.747. The highest BCUT2D eigenvalue weighted by molar-refractivity contribution is 7.09. The molecule has 2 aromatic heterocycles. The number of anilines is 1. The van der Waals surface area contributed by atoms with Crippen molar-refractivity contribution in [2.24, 2.45) is 17.0 Å². The Hall–Kier alpha value is -3.00. The smallest absolute Gasteiger partial charge is 0.220 e. The number of aliphatic imine (C=N–C) groups is 1. The largest absolute Gasteiger partial charge is 0.493 e. The summed E-state index contributed by atoms with van der Waals surface area (Å²) in [6.07, 6.45) is 3.36. The normalized spacial score (nSPS) is 13.1. The topological polar surface area (TPSA) is 87.7 Å². The molecule has 0 fully saturated rings. The van der Waals surface area contributed by atoms with Crippen molar-refractivity contribution < 1.29 is 5.11 Å². The molecule has 1 aliphatic heterocycles. The minimum atomic E-state index is 0.103. The van der Waals surface area contributed by atoms with Crippen LogP contribution in [0, 0.1) is 6.92 Å². The maximum Gasteiger partial charge on any atom is 0.220 e. The number of hydrogen-bond acceptors (Lipinski definition) is 7. The molecular formula is C17H16N6OS. The molecule has 0 unspecified atom stereocenters. The Balaban J connectivity index is 1.62. The number of nitrogens with one attached hydrogen (secondary N) is 1. The number of aryl methyl sites for hydroxylation is 1. The molecule has 1 aromatic carbocycles. The van der Waals surface area contributed by atoms with E-state index < -0.39 is 0 Å². The highest BCUT2D eigenvalue weighted by Crippen LogP contribution is 2.22. The molecule has 0 amide bonds. The summed E-state index contributed by atoms with van der Waals surface area (Å²) in [5.74, 6) is 0.692. The van der Waals surface area contributed by atoms with E-state index in [-0.39, 0.29) is 5.88 Å². The maximum absolute atomic E-state index is 10.3. The molecule has 126 valence electrons. The van der Waals surface area contributed by atoms with Gasteiger partial charge >= 0.3 is 0 Å². The summed E-state index contributed by atoms with van der Waals surface area (Å²) in [4.78, 5) is 17.2. The Labute approximate surface area is 147 Å². The van der Waals surface area contributed by atoms with Gasteiger partial charge in [0.15, 0.2) is 0 Å². The van der Waals surface area contributed by atoms with Gasteiger partial charge in [-0.1, -0.05) is 6.07 Å². The lowest BCUT2D eigenvalue weighted by Gasteiger charge is -2.03. The van der Waals surface area contributed by atoms with Crippen molar-refractivity contribution in [2.45, 2.75) is 13.5 Å². The lowest BCUT2D eigenvalue weighted by atomic mass is 10.2. The van der Waals surface area contributed by atoms with Crippen LogP contribution in [0.4, 0.5) is 11.6 Å². The fraction of sp³-hybridized carbons (Fsp3) is 0.176. The van der Waals surface area contributed by atoms with Crippen LogP contribution in [0.5, 0.6) is 5.88 Å². The second kappa shape index (κ2) is 6.14. The number of fused-ring (bicyclic) bond motifs is 1. The first-order valence-electron chi connectivity index (χ1n) is 7.73. The lowest BCUT2D eigenvalue weighted by molar-refractivity contribution is 0.432. The molecule has 4 rings (SSSR count). The molecule has 0 saturated heterocycles. The van der Waals surface area contributed by atoms with E-state index in [4.69, 9.17) is 0 Å². The van der Waals surface area contributed by atoms with Crippen LogP contribution >= 0.6 is 11.3 Å². The van der Waals surface area contributed by atoms with Gasteiger partial charge in [-0.15, -0.1) is 11.3 Å². The summed E-state index contributed by atoms with van der Waals surface area (Å²) in [5.41, 5.74) is 2.32. The summed E-state index contributed by atoms with van der Waals surface area (Å²) in [7, 11) is 1.76. The van der Waals surface area contributed by atoms with Crippen LogP contribution in [0.15, 0.2) is 33.6 Å². The van der Waals surface area contributed by atoms with E-state index in [1.165, 1.54) is 6.34 Å². The number of hydrogen-bond donors (Lipinski definition) is 2. The first kappa shape index (κ1) is 15.5. The van der Waals surface area contributed by atoms with Crippen molar-refractivity contribution in [3.05, 3.63) is 50.6 Å². The molecule has 8 heteroatoms. The van der Waals surface area contributed by atoms with Crippen LogP contribution in [-0.2, 0) is 13.6 Å². The van der Waals surface area contributed by atoms with Crippen molar-refractivity contribution in [1.82, 2.24) is 14.5 Å². The highest BCUT2D eigenvalue weighted by Gasteiger charge is 2.12. The molecular weight excluding hydrogens is 336 g/mol. The van der Waals surface area contributed by atoms with E-state index in [0.717, 1.165) is 27.0 Å². The predicted molar refractivity (Wildman–Crippen MR) is 98.0 cm³/mol. The van der Waals surface area contributed by atoms with Gasteiger partial charge in [0, 0.05) is 18.1 Å². The van der Waals surface area contributed by atoms with Crippen LogP contribution in [0.3, 0.4) is 0 Å². The minimum Gasteiger partial charge on any atom is -0.493 e. The van der Waals surface area contributed by atoms with Crippen molar-refractivity contribution >= 4 is 35.4 Å². The molecule has 1 aliphatic rings. The molecule has 0 bridgehead atoms. The van der Waals surface area contributed by atoms with Crippen LogP contribution in [0.1, 0.15) is 16.4 Å². The fourth-order valence-electron chi connectivity index (χ4n) is 2.56. The minimum absolute atomic E-state index is 0.103. The number of nitrogens with zero attached hydrogens (tertiary/aromatic N) is 5. The van der Waals surface area contributed by atoms with Crippen molar-refractivity contribution in [3.63, 3.8) is 0 Å². The van der Waals surface area contributed by atoms with Gasteiger partial charge in [-0.05, 0) is 30.4 Å². The van der Waals surface area contributed by atoms with Crippen molar-refractivity contribution in [3.8, 4) is 5.88 Å². The van der Waals surface area contributed by atoms with Gasteiger partial charge in [-0.25, -0.2) is 20.0 Å². The molecule has 2 N–H and O–H groups in total. The molecule has 0 saturated carbocycles. The van der Waals surface area contributed by atoms with E-state index in [1.807, 2.05) is 36.6 Å². The third kappa shape index (κ3) is 3.03. The SMILES string of the molecule is Cc1csc(CNc2nc(/C=c3\ccc4c(c3)N=CN=4)c(O)n2C)n1. The summed E-state index contributed by atoms with van der Waals surface area (Å²) >= 11 is 1.60. The zero-order valence-corrected chi connectivity index (χ0v) is 14.6. The lowest BCUT2D eigenvalue weighted by Crippen LogP contribution is -2.07. The summed E-state index contributed by atoms with van der Waals surface area (Å²) in [5, 5.41) is 18.3. The van der Waals surface area contributed by atoms with Crippen molar-refractivity contribution in [2.75, 3.05) is 5.32 Å². The molecule has 3 heterocycles. The number of aromatic nitrogens is 3. The number of rotatable bonds is 4. The first-order valence-corrected chi connectivity index (χ1v) is 8.61. The molecule has 7 nitrogen and oxygen atoms in total. The van der Waals surface area contributed by atoms with E-state index in [0.29, 0.717) is 18.2 Å². The van der Waals surface area contributed by atoms with Gasteiger partial charge in [0.2, 0.25) is 11.8 Å². The van der Waals surface area contributed by atoms with Crippen molar-refractivity contribution in [1.29, 1.82) is 0 Å². The third-order valence-corrected chi connectivity index (χ3v) is 4.82. The zero-order valence-electron chi connectivity index (χ0n) is 13.8. The standard InChI is InChI=1S/C17H16N6OS/c1-10-8-25-15(21-10)7-18-17-22-14(16(24)23(17)2)6-11-3-4-12-13(5-11)20-9-19-12/h3-6,8-9,24H,7H2,1-2H3,(H,18,22)/b11-6+. The monoisotopic (exact) mass is 352 g/mol. The Morgan fingerprint density at radius 1 is 1.32 bits per heavy atom. The number of aromatic hydroxyl groups is 1.